The fraction of sp³-hybridized carbons (Fsp3) is 0.462. The van der Waals surface area contributed by atoms with E-state index in [1.807, 2.05) is 45.0 Å². The second-order valence-electron chi connectivity index (χ2n) is 4.17. The summed E-state index contributed by atoms with van der Waals surface area (Å²) >= 11 is 3.37. The maximum Gasteiger partial charge on any atom is 0.168 e. The summed E-state index contributed by atoms with van der Waals surface area (Å²) in [6.07, 6.45) is 0.417. The molecule has 0 atom stereocenters. The first-order valence-corrected chi connectivity index (χ1v) is 6.16. The van der Waals surface area contributed by atoms with Gasteiger partial charge in [0.05, 0.1) is 0 Å². The zero-order valence-corrected chi connectivity index (χ0v) is 11.5. The molecule has 1 aromatic carbocycles. The van der Waals surface area contributed by atoms with E-state index < -0.39 is 5.60 Å². The van der Waals surface area contributed by atoms with Crippen molar-refractivity contribution < 1.29 is 9.53 Å². The molecule has 1 rings (SSSR count). The normalized spacial score (nSPS) is 11.5. The highest BCUT2D eigenvalue weighted by Crippen LogP contribution is 2.16. The minimum absolute atomic E-state index is 0.108. The van der Waals surface area contributed by atoms with Crippen molar-refractivity contribution in [1.82, 2.24) is 0 Å². The highest BCUT2D eigenvalue weighted by molar-refractivity contribution is 9.10. The average molecular weight is 285 g/mol. The van der Waals surface area contributed by atoms with Crippen molar-refractivity contribution in [3.63, 3.8) is 0 Å². The predicted molar refractivity (Wildman–Crippen MR) is 68.6 cm³/mol. The van der Waals surface area contributed by atoms with Crippen LogP contribution >= 0.6 is 15.9 Å². The van der Waals surface area contributed by atoms with E-state index in [4.69, 9.17) is 4.74 Å². The summed E-state index contributed by atoms with van der Waals surface area (Å²) in [6.45, 7) is 6.09. The molecule has 0 saturated carbocycles. The Bertz CT molecular complexity index is 355. The fourth-order valence-electron chi connectivity index (χ4n) is 1.44. The van der Waals surface area contributed by atoms with E-state index >= 15 is 0 Å². The number of halogens is 1. The van der Waals surface area contributed by atoms with Gasteiger partial charge < -0.3 is 4.74 Å². The molecule has 0 bridgehead atoms. The molecule has 0 aliphatic carbocycles. The van der Waals surface area contributed by atoms with Gasteiger partial charge in [0, 0.05) is 17.5 Å². The first-order chi connectivity index (χ1) is 7.45. The summed E-state index contributed by atoms with van der Waals surface area (Å²) in [5.41, 5.74) is 0.322. The molecular formula is C13H17BrO2. The van der Waals surface area contributed by atoms with E-state index in [0.717, 1.165) is 10.0 Å². The number of carbonyl (C=O) groups excluding carboxylic acids is 1. The molecule has 3 heteroatoms. The van der Waals surface area contributed by atoms with Gasteiger partial charge in [-0.05, 0) is 38.5 Å². The van der Waals surface area contributed by atoms with Crippen molar-refractivity contribution in [3.8, 4) is 0 Å². The Kier molecular flexibility index (Phi) is 4.69. The largest absolute Gasteiger partial charge is 0.368 e. The standard InChI is InChI=1S/C13H17BrO2/c1-4-16-13(2,3)12(15)9-10-5-7-11(14)8-6-10/h5-8H,4,9H2,1-3H3. The molecule has 2 nitrogen and oxygen atoms in total. The molecule has 0 aromatic heterocycles. The minimum Gasteiger partial charge on any atom is -0.368 e. The molecule has 0 aliphatic heterocycles. The first-order valence-electron chi connectivity index (χ1n) is 5.37. The quantitative estimate of drug-likeness (QED) is 0.829. The summed E-state index contributed by atoms with van der Waals surface area (Å²) in [7, 11) is 0. The average Bonchev–Trinajstić information content (AvgIpc) is 2.21. The Morgan fingerprint density at radius 2 is 1.88 bits per heavy atom. The Morgan fingerprint density at radius 3 is 2.38 bits per heavy atom. The smallest absolute Gasteiger partial charge is 0.168 e. The lowest BCUT2D eigenvalue weighted by molar-refractivity contribution is -0.139. The number of ether oxygens (including phenoxy) is 1. The van der Waals surface area contributed by atoms with Crippen LogP contribution in [-0.4, -0.2) is 18.0 Å². The van der Waals surface area contributed by atoms with Crippen LogP contribution in [0.25, 0.3) is 0 Å². The maximum absolute atomic E-state index is 12.0. The second-order valence-corrected chi connectivity index (χ2v) is 5.09. The highest BCUT2D eigenvalue weighted by Gasteiger charge is 2.27. The minimum atomic E-state index is -0.693. The maximum atomic E-state index is 12.0. The molecule has 0 amide bonds. The number of hydrogen-bond acceptors (Lipinski definition) is 2. The van der Waals surface area contributed by atoms with Gasteiger partial charge in [0.2, 0.25) is 0 Å². The molecular weight excluding hydrogens is 268 g/mol. The van der Waals surface area contributed by atoms with E-state index in [2.05, 4.69) is 15.9 Å². The Morgan fingerprint density at radius 1 is 1.31 bits per heavy atom. The Balaban J connectivity index is 2.67. The molecule has 0 fully saturated rings. The lowest BCUT2D eigenvalue weighted by atomic mass is 9.97. The van der Waals surface area contributed by atoms with Crippen LogP contribution in [0.2, 0.25) is 0 Å². The van der Waals surface area contributed by atoms with Gasteiger partial charge in [-0.3, -0.25) is 4.79 Å². The molecule has 0 spiro atoms. The molecule has 1 aromatic rings. The predicted octanol–water partition coefficient (Wildman–Crippen LogP) is 3.38. The molecule has 0 radical (unpaired) electrons. The summed E-state index contributed by atoms with van der Waals surface area (Å²) in [4.78, 5) is 12.0. The number of hydrogen-bond donors (Lipinski definition) is 0. The Hall–Kier alpha value is -0.670. The number of ketones is 1. The van der Waals surface area contributed by atoms with Gasteiger partial charge in [0.15, 0.2) is 5.78 Å². The van der Waals surface area contributed by atoms with Gasteiger partial charge in [-0.2, -0.15) is 0 Å². The third kappa shape index (κ3) is 3.72. The summed E-state index contributed by atoms with van der Waals surface area (Å²) in [5, 5.41) is 0. The van der Waals surface area contributed by atoms with Gasteiger partial charge >= 0.3 is 0 Å². The SMILES string of the molecule is CCOC(C)(C)C(=O)Cc1ccc(Br)cc1. The van der Waals surface area contributed by atoms with Crippen molar-refractivity contribution in [2.45, 2.75) is 32.8 Å². The number of Topliss-reactive ketones (excluding diaryl/α,β-unsaturated/α-hetero) is 1. The van der Waals surface area contributed by atoms with Crippen LogP contribution < -0.4 is 0 Å². The molecule has 0 unspecified atom stereocenters. The van der Waals surface area contributed by atoms with Gasteiger partial charge in [0.1, 0.15) is 5.60 Å². The van der Waals surface area contributed by atoms with Crippen molar-refractivity contribution in [3.05, 3.63) is 34.3 Å². The third-order valence-electron chi connectivity index (χ3n) is 2.45. The lowest BCUT2D eigenvalue weighted by Gasteiger charge is -2.22. The number of rotatable bonds is 5. The van der Waals surface area contributed by atoms with Crippen LogP contribution in [0.5, 0.6) is 0 Å². The molecule has 88 valence electrons. The van der Waals surface area contributed by atoms with E-state index in [-0.39, 0.29) is 5.78 Å². The van der Waals surface area contributed by atoms with Crippen molar-refractivity contribution >= 4 is 21.7 Å². The summed E-state index contributed by atoms with van der Waals surface area (Å²) in [6, 6.07) is 7.78. The lowest BCUT2D eigenvalue weighted by Crippen LogP contribution is -2.36. The van der Waals surface area contributed by atoms with Crippen molar-refractivity contribution in [2.75, 3.05) is 6.61 Å². The van der Waals surface area contributed by atoms with E-state index in [1.165, 1.54) is 0 Å². The second kappa shape index (κ2) is 5.60. The van der Waals surface area contributed by atoms with Crippen molar-refractivity contribution in [2.24, 2.45) is 0 Å². The topological polar surface area (TPSA) is 26.3 Å². The van der Waals surface area contributed by atoms with E-state index in [1.54, 1.807) is 0 Å². The van der Waals surface area contributed by atoms with E-state index in [9.17, 15) is 4.79 Å². The van der Waals surface area contributed by atoms with Crippen LogP contribution in [-0.2, 0) is 16.0 Å². The third-order valence-corrected chi connectivity index (χ3v) is 2.98. The zero-order valence-electron chi connectivity index (χ0n) is 9.92. The summed E-state index contributed by atoms with van der Waals surface area (Å²) < 4.78 is 6.45. The highest BCUT2D eigenvalue weighted by atomic mass is 79.9. The number of benzene rings is 1. The Labute approximate surface area is 105 Å². The fourth-order valence-corrected chi connectivity index (χ4v) is 1.71. The van der Waals surface area contributed by atoms with Crippen LogP contribution in [0.1, 0.15) is 26.3 Å². The van der Waals surface area contributed by atoms with Crippen LogP contribution in [0.4, 0.5) is 0 Å². The number of carbonyl (C=O) groups is 1. The zero-order chi connectivity index (χ0) is 12.2. The van der Waals surface area contributed by atoms with Crippen LogP contribution in [0.3, 0.4) is 0 Å². The monoisotopic (exact) mass is 284 g/mol. The van der Waals surface area contributed by atoms with Gasteiger partial charge in [-0.25, -0.2) is 0 Å². The molecule has 0 saturated heterocycles. The van der Waals surface area contributed by atoms with E-state index in [0.29, 0.717) is 13.0 Å². The molecule has 0 aliphatic rings. The van der Waals surface area contributed by atoms with Crippen LogP contribution in [0, 0.1) is 0 Å². The van der Waals surface area contributed by atoms with Crippen LogP contribution in [0.15, 0.2) is 28.7 Å². The van der Waals surface area contributed by atoms with Crippen molar-refractivity contribution in [1.29, 1.82) is 0 Å². The van der Waals surface area contributed by atoms with Gasteiger partial charge in [0.25, 0.3) is 0 Å². The van der Waals surface area contributed by atoms with Gasteiger partial charge in [-0.15, -0.1) is 0 Å². The summed E-state index contributed by atoms with van der Waals surface area (Å²) in [5.74, 6) is 0.108. The molecule has 0 heterocycles. The molecule has 16 heavy (non-hydrogen) atoms. The van der Waals surface area contributed by atoms with Gasteiger partial charge in [-0.1, -0.05) is 28.1 Å². The first kappa shape index (κ1) is 13.4. The molecule has 0 N–H and O–H groups in total.